The van der Waals surface area contributed by atoms with E-state index in [9.17, 15) is 4.79 Å². The Labute approximate surface area is 154 Å². The van der Waals surface area contributed by atoms with E-state index in [1.165, 1.54) is 6.21 Å². The maximum absolute atomic E-state index is 11.8. The van der Waals surface area contributed by atoms with Crippen molar-refractivity contribution >= 4 is 28.1 Å². The first-order chi connectivity index (χ1) is 12.1. The summed E-state index contributed by atoms with van der Waals surface area (Å²) in [6.07, 6.45) is 1.51. The SMILES string of the molecule is CCOc1ccc(OC)cc1/C=N/NC(=O)COc1ccc(Br)cc1. The van der Waals surface area contributed by atoms with Crippen LogP contribution in [-0.4, -0.2) is 32.4 Å². The third-order valence-corrected chi connectivity index (χ3v) is 3.62. The minimum absolute atomic E-state index is 0.130. The summed E-state index contributed by atoms with van der Waals surface area (Å²) in [7, 11) is 1.58. The highest BCUT2D eigenvalue weighted by molar-refractivity contribution is 9.10. The van der Waals surface area contributed by atoms with Crippen LogP contribution in [0.2, 0.25) is 0 Å². The van der Waals surface area contributed by atoms with E-state index < -0.39 is 0 Å². The number of hydrazone groups is 1. The number of hydrogen-bond donors (Lipinski definition) is 1. The first-order valence-electron chi connectivity index (χ1n) is 7.63. The summed E-state index contributed by atoms with van der Waals surface area (Å²) in [5.74, 6) is 1.58. The lowest BCUT2D eigenvalue weighted by Gasteiger charge is -2.09. The molecule has 0 saturated carbocycles. The topological polar surface area (TPSA) is 69.2 Å². The average molecular weight is 407 g/mol. The molecule has 0 aromatic heterocycles. The first kappa shape index (κ1) is 18.8. The highest BCUT2D eigenvalue weighted by atomic mass is 79.9. The molecule has 2 rings (SSSR count). The molecule has 0 saturated heterocycles. The van der Waals surface area contributed by atoms with Gasteiger partial charge in [0.25, 0.3) is 5.91 Å². The van der Waals surface area contributed by atoms with Crippen molar-refractivity contribution in [2.45, 2.75) is 6.92 Å². The molecule has 2 aromatic rings. The molecule has 0 heterocycles. The number of nitrogens with one attached hydrogen (secondary N) is 1. The Morgan fingerprint density at radius 2 is 1.88 bits per heavy atom. The molecule has 0 bridgehead atoms. The largest absolute Gasteiger partial charge is 0.497 e. The summed E-state index contributed by atoms with van der Waals surface area (Å²) in [5.41, 5.74) is 3.12. The summed E-state index contributed by atoms with van der Waals surface area (Å²) in [6, 6.07) is 12.6. The Hall–Kier alpha value is -2.54. The number of amides is 1. The zero-order valence-electron chi connectivity index (χ0n) is 14.0. The van der Waals surface area contributed by atoms with Crippen LogP contribution in [0.5, 0.6) is 17.2 Å². The van der Waals surface area contributed by atoms with Crippen molar-refractivity contribution in [1.29, 1.82) is 0 Å². The lowest BCUT2D eigenvalue weighted by Crippen LogP contribution is -2.24. The maximum atomic E-state index is 11.8. The van der Waals surface area contributed by atoms with Crippen LogP contribution in [0.15, 0.2) is 52.0 Å². The summed E-state index contributed by atoms with van der Waals surface area (Å²) < 4.78 is 17.0. The Morgan fingerprint density at radius 1 is 1.16 bits per heavy atom. The number of carbonyl (C=O) groups excluding carboxylic acids is 1. The number of rotatable bonds is 8. The molecule has 0 spiro atoms. The van der Waals surface area contributed by atoms with E-state index in [1.807, 2.05) is 19.1 Å². The van der Waals surface area contributed by atoms with Gasteiger partial charge in [0.05, 0.1) is 19.9 Å². The Morgan fingerprint density at radius 3 is 2.56 bits per heavy atom. The van der Waals surface area contributed by atoms with Crippen LogP contribution in [-0.2, 0) is 4.79 Å². The minimum Gasteiger partial charge on any atom is -0.497 e. The third-order valence-electron chi connectivity index (χ3n) is 3.09. The zero-order chi connectivity index (χ0) is 18.1. The van der Waals surface area contributed by atoms with Gasteiger partial charge in [-0.25, -0.2) is 5.43 Å². The van der Waals surface area contributed by atoms with E-state index in [4.69, 9.17) is 14.2 Å². The number of carbonyl (C=O) groups is 1. The molecule has 0 aliphatic heterocycles. The van der Waals surface area contributed by atoms with Crippen molar-refractivity contribution in [3.8, 4) is 17.2 Å². The number of benzene rings is 2. The monoisotopic (exact) mass is 406 g/mol. The van der Waals surface area contributed by atoms with Gasteiger partial charge in [0, 0.05) is 10.0 Å². The van der Waals surface area contributed by atoms with Crippen molar-refractivity contribution < 1.29 is 19.0 Å². The number of hydrogen-bond acceptors (Lipinski definition) is 5. The number of methoxy groups -OCH3 is 1. The van der Waals surface area contributed by atoms with Gasteiger partial charge in [-0.2, -0.15) is 5.10 Å². The van der Waals surface area contributed by atoms with Crippen LogP contribution in [0.1, 0.15) is 12.5 Å². The van der Waals surface area contributed by atoms with E-state index in [0.29, 0.717) is 29.4 Å². The molecule has 0 radical (unpaired) electrons. The standard InChI is InChI=1S/C18H19BrN2O4/c1-3-24-17-9-8-16(23-2)10-13(17)11-20-21-18(22)12-25-15-6-4-14(19)5-7-15/h4-11H,3,12H2,1-2H3,(H,21,22)/b20-11+. The molecule has 7 heteroatoms. The molecule has 1 N–H and O–H groups in total. The Bertz CT molecular complexity index is 732. The summed E-state index contributed by atoms with van der Waals surface area (Å²) in [6.45, 7) is 2.29. The molecule has 25 heavy (non-hydrogen) atoms. The average Bonchev–Trinajstić information content (AvgIpc) is 2.62. The lowest BCUT2D eigenvalue weighted by molar-refractivity contribution is -0.123. The van der Waals surface area contributed by atoms with Gasteiger partial charge in [-0.15, -0.1) is 0 Å². The summed E-state index contributed by atoms with van der Waals surface area (Å²) in [5, 5.41) is 3.94. The van der Waals surface area contributed by atoms with Crippen LogP contribution < -0.4 is 19.6 Å². The fraction of sp³-hybridized carbons (Fsp3) is 0.222. The predicted octanol–water partition coefficient (Wildman–Crippen LogP) is 3.39. The molecule has 1 amide bonds. The van der Waals surface area contributed by atoms with E-state index in [2.05, 4.69) is 26.5 Å². The summed E-state index contributed by atoms with van der Waals surface area (Å²) in [4.78, 5) is 11.8. The van der Waals surface area contributed by atoms with Gasteiger partial charge in [0.2, 0.25) is 0 Å². The fourth-order valence-electron chi connectivity index (χ4n) is 1.93. The highest BCUT2D eigenvalue weighted by Crippen LogP contribution is 2.22. The van der Waals surface area contributed by atoms with E-state index in [-0.39, 0.29) is 12.5 Å². The van der Waals surface area contributed by atoms with Crippen LogP contribution in [0.25, 0.3) is 0 Å². The second-order valence-electron chi connectivity index (χ2n) is 4.87. The molecule has 6 nitrogen and oxygen atoms in total. The Kier molecular flexibility index (Phi) is 7.28. The van der Waals surface area contributed by atoms with Crippen molar-refractivity contribution in [2.24, 2.45) is 5.10 Å². The quantitative estimate of drug-likeness (QED) is 0.538. The molecule has 2 aromatic carbocycles. The normalized spacial score (nSPS) is 10.5. The lowest BCUT2D eigenvalue weighted by atomic mass is 10.2. The molecule has 0 aliphatic rings. The van der Waals surface area contributed by atoms with Gasteiger partial charge in [0.15, 0.2) is 6.61 Å². The van der Waals surface area contributed by atoms with Crippen LogP contribution in [0, 0.1) is 0 Å². The number of ether oxygens (including phenoxy) is 3. The highest BCUT2D eigenvalue weighted by Gasteiger charge is 2.05. The third kappa shape index (κ3) is 6.11. The van der Waals surface area contributed by atoms with E-state index >= 15 is 0 Å². The minimum atomic E-state index is -0.361. The maximum Gasteiger partial charge on any atom is 0.277 e. The van der Waals surface area contributed by atoms with Gasteiger partial charge < -0.3 is 14.2 Å². The van der Waals surface area contributed by atoms with E-state index in [1.54, 1.807) is 37.4 Å². The van der Waals surface area contributed by atoms with Gasteiger partial charge in [0.1, 0.15) is 17.2 Å². The molecular formula is C18H19BrN2O4. The Balaban J connectivity index is 1.91. The smallest absolute Gasteiger partial charge is 0.277 e. The van der Waals surface area contributed by atoms with Crippen molar-refractivity contribution in [1.82, 2.24) is 5.43 Å². The summed E-state index contributed by atoms with van der Waals surface area (Å²) >= 11 is 3.34. The van der Waals surface area contributed by atoms with Crippen molar-refractivity contribution in [3.63, 3.8) is 0 Å². The molecule has 0 unspecified atom stereocenters. The molecular weight excluding hydrogens is 388 g/mol. The van der Waals surface area contributed by atoms with E-state index in [0.717, 1.165) is 4.47 Å². The van der Waals surface area contributed by atoms with Crippen LogP contribution in [0.4, 0.5) is 0 Å². The van der Waals surface area contributed by atoms with Crippen molar-refractivity contribution in [2.75, 3.05) is 20.3 Å². The van der Waals surface area contributed by atoms with Crippen LogP contribution in [0.3, 0.4) is 0 Å². The van der Waals surface area contributed by atoms with Crippen molar-refractivity contribution in [3.05, 3.63) is 52.5 Å². The molecule has 0 atom stereocenters. The number of halogens is 1. The second-order valence-corrected chi connectivity index (χ2v) is 5.79. The number of nitrogens with zero attached hydrogens (tertiary/aromatic N) is 1. The zero-order valence-corrected chi connectivity index (χ0v) is 15.6. The van der Waals surface area contributed by atoms with Gasteiger partial charge >= 0.3 is 0 Å². The first-order valence-corrected chi connectivity index (χ1v) is 8.42. The van der Waals surface area contributed by atoms with Gasteiger partial charge in [-0.3, -0.25) is 4.79 Å². The molecule has 132 valence electrons. The fourth-order valence-corrected chi connectivity index (χ4v) is 2.19. The predicted molar refractivity (Wildman–Crippen MR) is 99.5 cm³/mol. The molecule has 0 fully saturated rings. The van der Waals surface area contributed by atoms with Gasteiger partial charge in [-0.05, 0) is 49.4 Å². The van der Waals surface area contributed by atoms with Gasteiger partial charge in [-0.1, -0.05) is 15.9 Å². The molecule has 0 aliphatic carbocycles. The van der Waals surface area contributed by atoms with Crippen LogP contribution >= 0.6 is 15.9 Å². The second kappa shape index (κ2) is 9.68.